The van der Waals surface area contributed by atoms with Crippen LogP contribution < -0.4 is 18.9 Å². The molecule has 0 fully saturated rings. The Morgan fingerprint density at radius 1 is 1.05 bits per heavy atom. The molecular weight excluding hydrogens is 582 g/mol. The Morgan fingerprint density at radius 3 is 2.47 bits per heavy atom. The van der Waals surface area contributed by atoms with Crippen LogP contribution >= 0.6 is 0 Å². The van der Waals surface area contributed by atoms with E-state index in [2.05, 4.69) is 14.6 Å². The lowest BCUT2D eigenvalue weighted by Gasteiger charge is -2.26. The standard InChI is InChI=1S/C30H22F6N2O5/c1-16(22-13-25-26(14-23(22)31)43-30(35,36)42-25)40-20-5-2-4-18(12-20)38-27-21(28(37-38)29(32,33)34)6-3-7-24(27)41-19-10-8-17(15-39)9-11-19/h2,4-5,8-16,24H,3,6-7H2,1H3. The zero-order chi connectivity index (χ0) is 30.5. The third-order valence-corrected chi connectivity index (χ3v) is 7.12. The summed E-state index contributed by atoms with van der Waals surface area (Å²) >= 11 is 0. The van der Waals surface area contributed by atoms with Gasteiger partial charge in [-0.15, -0.1) is 8.78 Å². The van der Waals surface area contributed by atoms with Crippen molar-refractivity contribution in [3.8, 4) is 28.7 Å². The van der Waals surface area contributed by atoms with E-state index in [9.17, 15) is 31.1 Å². The SMILES string of the molecule is CC(Oc1cccc(-n2nc(C(F)(F)F)c3c2C(Oc2ccc(C=O)cc2)CCC3)c1)c1cc2c(cc1F)OC(F)(F)O2. The summed E-state index contributed by atoms with van der Waals surface area (Å²) in [6.45, 7) is 1.47. The number of aldehydes is 1. The normalized spacial score (nSPS) is 17.7. The van der Waals surface area contributed by atoms with Crippen molar-refractivity contribution < 1.29 is 50.1 Å². The van der Waals surface area contributed by atoms with Gasteiger partial charge in [0.25, 0.3) is 0 Å². The van der Waals surface area contributed by atoms with Crippen LogP contribution in [-0.2, 0) is 12.6 Å². The molecule has 0 saturated heterocycles. The van der Waals surface area contributed by atoms with Gasteiger partial charge in [0, 0.05) is 28.8 Å². The van der Waals surface area contributed by atoms with Crippen LogP contribution in [0.3, 0.4) is 0 Å². The third-order valence-electron chi connectivity index (χ3n) is 7.12. The molecule has 1 aliphatic heterocycles. The maximum Gasteiger partial charge on any atom is 0.586 e. The summed E-state index contributed by atoms with van der Waals surface area (Å²) in [6, 6.07) is 14.1. The molecule has 0 bridgehead atoms. The van der Waals surface area contributed by atoms with E-state index in [0.717, 1.165) is 12.1 Å². The van der Waals surface area contributed by atoms with Crippen molar-refractivity contribution >= 4 is 6.29 Å². The molecule has 4 aromatic rings. The second-order valence-corrected chi connectivity index (χ2v) is 10.1. The van der Waals surface area contributed by atoms with E-state index in [0.29, 0.717) is 30.4 Å². The van der Waals surface area contributed by atoms with E-state index in [1.807, 2.05) is 0 Å². The molecule has 13 heteroatoms. The monoisotopic (exact) mass is 604 g/mol. The molecule has 1 aliphatic carbocycles. The highest BCUT2D eigenvalue weighted by molar-refractivity contribution is 5.74. The van der Waals surface area contributed by atoms with Crippen LogP contribution in [0.25, 0.3) is 5.69 Å². The van der Waals surface area contributed by atoms with Crippen molar-refractivity contribution in [3.63, 3.8) is 0 Å². The summed E-state index contributed by atoms with van der Waals surface area (Å²) in [5.41, 5.74) is -0.223. The first-order valence-electron chi connectivity index (χ1n) is 13.2. The lowest BCUT2D eigenvalue weighted by atomic mass is 9.93. The summed E-state index contributed by atoms with van der Waals surface area (Å²) in [5, 5.41) is 3.95. The summed E-state index contributed by atoms with van der Waals surface area (Å²) in [5.74, 6) is -1.16. The zero-order valence-electron chi connectivity index (χ0n) is 22.3. The molecule has 43 heavy (non-hydrogen) atoms. The van der Waals surface area contributed by atoms with Gasteiger partial charge in [-0.25, -0.2) is 9.07 Å². The average Bonchev–Trinajstić information content (AvgIpc) is 3.50. The van der Waals surface area contributed by atoms with Gasteiger partial charge in [0.1, 0.15) is 35.8 Å². The maximum absolute atomic E-state index is 14.7. The van der Waals surface area contributed by atoms with Gasteiger partial charge in [0.05, 0.1) is 11.4 Å². The second-order valence-electron chi connectivity index (χ2n) is 10.1. The van der Waals surface area contributed by atoms with E-state index >= 15 is 0 Å². The number of carbonyl (C=O) groups is 1. The van der Waals surface area contributed by atoms with Gasteiger partial charge in [-0.2, -0.15) is 18.3 Å². The van der Waals surface area contributed by atoms with Gasteiger partial charge < -0.3 is 18.9 Å². The minimum Gasteiger partial charge on any atom is -0.486 e. The summed E-state index contributed by atoms with van der Waals surface area (Å²) < 4.78 is 106. The first-order valence-corrected chi connectivity index (χ1v) is 13.2. The molecule has 2 atom stereocenters. The molecule has 2 heterocycles. The predicted molar refractivity (Wildman–Crippen MR) is 138 cm³/mol. The number of hydrogen-bond acceptors (Lipinski definition) is 6. The number of alkyl halides is 5. The number of nitrogens with zero attached hydrogens (tertiary/aromatic N) is 2. The van der Waals surface area contributed by atoms with Crippen LogP contribution in [-0.4, -0.2) is 22.4 Å². The van der Waals surface area contributed by atoms with Crippen LogP contribution in [0.4, 0.5) is 26.3 Å². The van der Waals surface area contributed by atoms with Gasteiger partial charge in [-0.05, 0) is 68.7 Å². The average molecular weight is 605 g/mol. The first kappa shape index (κ1) is 28.4. The number of fused-ring (bicyclic) bond motifs is 2. The van der Waals surface area contributed by atoms with Crippen LogP contribution in [0.1, 0.15) is 64.8 Å². The fraction of sp³-hybridized carbons (Fsp3) is 0.267. The number of ether oxygens (including phenoxy) is 4. The highest BCUT2D eigenvalue weighted by atomic mass is 19.4. The molecule has 7 nitrogen and oxygen atoms in total. The smallest absolute Gasteiger partial charge is 0.486 e. The number of aromatic nitrogens is 2. The Hall–Kier alpha value is -4.68. The van der Waals surface area contributed by atoms with Crippen LogP contribution in [0.15, 0.2) is 60.7 Å². The van der Waals surface area contributed by atoms with Crippen molar-refractivity contribution in [2.24, 2.45) is 0 Å². The Bertz CT molecular complexity index is 1690. The Morgan fingerprint density at radius 2 is 1.77 bits per heavy atom. The lowest BCUT2D eigenvalue weighted by Crippen LogP contribution is -2.25. The topological polar surface area (TPSA) is 71.8 Å². The zero-order valence-corrected chi connectivity index (χ0v) is 22.3. The van der Waals surface area contributed by atoms with Crippen molar-refractivity contribution in [2.45, 2.75) is 50.9 Å². The summed E-state index contributed by atoms with van der Waals surface area (Å²) in [6.07, 6.45) is -8.77. The molecule has 6 rings (SSSR count). The Balaban J connectivity index is 1.33. The molecule has 1 aromatic heterocycles. The highest BCUT2D eigenvalue weighted by Gasteiger charge is 2.44. The van der Waals surface area contributed by atoms with Gasteiger partial charge in [0.15, 0.2) is 17.2 Å². The molecule has 0 saturated carbocycles. The van der Waals surface area contributed by atoms with Crippen LogP contribution in [0, 0.1) is 5.82 Å². The largest absolute Gasteiger partial charge is 0.586 e. The minimum atomic E-state index is -4.72. The molecule has 0 amide bonds. The van der Waals surface area contributed by atoms with Gasteiger partial charge >= 0.3 is 12.5 Å². The number of hydrogen-bond donors (Lipinski definition) is 0. The fourth-order valence-corrected chi connectivity index (χ4v) is 5.23. The van der Waals surface area contributed by atoms with Crippen LogP contribution in [0.5, 0.6) is 23.0 Å². The molecule has 224 valence electrons. The minimum absolute atomic E-state index is 0.0205. The van der Waals surface area contributed by atoms with Crippen molar-refractivity contribution in [2.75, 3.05) is 0 Å². The number of rotatable bonds is 7. The molecule has 2 aliphatic rings. The number of benzene rings is 3. The first-order chi connectivity index (χ1) is 20.4. The molecule has 0 N–H and O–H groups in total. The fourth-order valence-electron chi connectivity index (χ4n) is 5.23. The quantitative estimate of drug-likeness (QED) is 0.159. The van der Waals surface area contributed by atoms with Crippen molar-refractivity contribution in [1.82, 2.24) is 9.78 Å². The highest BCUT2D eigenvalue weighted by Crippen LogP contribution is 2.44. The van der Waals surface area contributed by atoms with Gasteiger partial charge in [0.2, 0.25) is 0 Å². The van der Waals surface area contributed by atoms with Gasteiger partial charge in [-0.1, -0.05) is 6.07 Å². The number of carbonyl (C=O) groups excluding carboxylic acids is 1. The lowest BCUT2D eigenvalue weighted by molar-refractivity contribution is -0.286. The van der Waals surface area contributed by atoms with E-state index in [-0.39, 0.29) is 40.4 Å². The molecule has 2 unspecified atom stereocenters. The maximum atomic E-state index is 14.7. The van der Waals surface area contributed by atoms with Crippen LogP contribution in [0.2, 0.25) is 0 Å². The molecule has 0 radical (unpaired) electrons. The molecule has 0 spiro atoms. The Labute approximate surface area is 240 Å². The van der Waals surface area contributed by atoms with E-state index in [1.54, 1.807) is 30.3 Å². The number of halogens is 6. The molecule has 3 aromatic carbocycles. The summed E-state index contributed by atoms with van der Waals surface area (Å²) in [4.78, 5) is 11.0. The predicted octanol–water partition coefficient (Wildman–Crippen LogP) is 7.76. The second kappa shape index (κ2) is 10.5. The third kappa shape index (κ3) is 5.58. The Kier molecular flexibility index (Phi) is 6.98. The van der Waals surface area contributed by atoms with E-state index in [1.165, 1.54) is 29.8 Å². The van der Waals surface area contributed by atoms with Crippen molar-refractivity contribution in [1.29, 1.82) is 0 Å². The van der Waals surface area contributed by atoms with E-state index < -0.39 is 41.9 Å². The van der Waals surface area contributed by atoms with Gasteiger partial charge in [-0.3, -0.25) is 4.79 Å². The summed E-state index contributed by atoms with van der Waals surface area (Å²) in [7, 11) is 0. The van der Waals surface area contributed by atoms with E-state index in [4.69, 9.17) is 9.47 Å². The molecular formula is C30H22F6N2O5. The van der Waals surface area contributed by atoms with Crippen molar-refractivity contribution in [3.05, 3.63) is 94.6 Å².